The highest BCUT2D eigenvalue weighted by atomic mass is 79.9. The number of nitrogens with zero attached hydrogens (tertiary/aromatic N) is 4. The monoisotopic (exact) mass is 929 g/mol. The second-order valence-electron chi connectivity index (χ2n) is 16.5. The van der Waals surface area contributed by atoms with E-state index in [0.29, 0.717) is 6.54 Å². The zero-order chi connectivity index (χ0) is 37.9. The van der Waals surface area contributed by atoms with Crippen LogP contribution in [-0.2, 0) is 14.3 Å². The average molecular weight is 931 g/mol. The van der Waals surface area contributed by atoms with Crippen molar-refractivity contribution in [2.45, 2.75) is 90.8 Å². The number of carbonyl (C=O) groups is 3. The van der Waals surface area contributed by atoms with Crippen LogP contribution in [0.4, 0.5) is 4.79 Å². The number of likely N-dealkylation sites (tertiary alicyclic amines) is 2. The van der Waals surface area contributed by atoms with Crippen molar-refractivity contribution in [3.8, 4) is 23.1 Å². The van der Waals surface area contributed by atoms with Gasteiger partial charge >= 0.3 is 6.09 Å². The third-order valence-electron chi connectivity index (χ3n) is 12.2. The molecule has 2 aliphatic carbocycles. The topological polar surface area (TPSA) is 136 Å². The third-order valence-corrected chi connectivity index (χ3v) is 12.8. The molecule has 58 heavy (non-hydrogen) atoms. The number of rotatable bonds is 8. The van der Waals surface area contributed by atoms with Gasteiger partial charge in [-0.25, -0.2) is 14.8 Å². The molecule has 11 nitrogen and oxygen atoms in total. The number of amides is 3. The minimum absolute atomic E-state index is 0. The van der Waals surface area contributed by atoms with Crippen LogP contribution in [0.1, 0.15) is 108 Å². The van der Waals surface area contributed by atoms with Gasteiger partial charge in [0.15, 0.2) is 0 Å². The van der Waals surface area contributed by atoms with Crippen molar-refractivity contribution in [3.05, 3.63) is 69.8 Å². The third kappa shape index (κ3) is 9.38. The van der Waals surface area contributed by atoms with Gasteiger partial charge in [0.25, 0.3) is 0 Å². The Morgan fingerprint density at radius 1 is 0.845 bits per heavy atom. The fourth-order valence-electron chi connectivity index (χ4n) is 8.32. The molecule has 4 aliphatic rings. The molecule has 0 unspecified atom stereocenters. The van der Waals surface area contributed by atoms with E-state index in [1.165, 1.54) is 20.0 Å². The normalized spacial score (nSPS) is 20.2. The molecule has 4 atom stereocenters. The maximum absolute atomic E-state index is 13.9. The molecule has 2 spiro atoms. The minimum Gasteiger partial charge on any atom is -0.453 e. The summed E-state index contributed by atoms with van der Waals surface area (Å²) in [6.07, 6.45) is 6.57. The molecule has 4 heterocycles. The maximum Gasteiger partial charge on any atom is 0.407 e. The Hall–Kier alpha value is -3.23. The van der Waals surface area contributed by atoms with Gasteiger partial charge in [-0.1, -0.05) is 51.7 Å². The summed E-state index contributed by atoms with van der Waals surface area (Å²) >= 11 is 3.70. The highest BCUT2D eigenvalue weighted by Crippen LogP contribution is 2.59. The molecule has 2 saturated carbocycles. The summed E-state index contributed by atoms with van der Waals surface area (Å²) < 4.78 is 5.56. The summed E-state index contributed by atoms with van der Waals surface area (Å²) in [5.74, 6) is 8.23. The SMILES string of the molecule is CC[C@H](C)C(=O)N1CC2(CC2)C[C@H]1c1nc2ccc(C#Cc3ccc(-c4nc([C@@H]5CC6(CC6)CN5C(=O)[C@@H](NC(=O)OC)C(C)C)[nH]c4Br)cc3)cc2[nH]1.S.S.S.S. The predicted octanol–water partition coefficient (Wildman–Crippen LogP) is 8.10. The summed E-state index contributed by atoms with van der Waals surface area (Å²) in [5.41, 5.74) is 5.63. The highest BCUT2D eigenvalue weighted by Gasteiger charge is 2.56. The molecule has 16 heteroatoms. The lowest BCUT2D eigenvalue weighted by Gasteiger charge is -2.30. The fraction of sp³-hybridized carbons (Fsp3) is 0.500. The predicted molar refractivity (Wildman–Crippen MR) is 250 cm³/mol. The molecule has 2 aromatic carbocycles. The van der Waals surface area contributed by atoms with E-state index in [0.717, 1.165) is 88.3 Å². The van der Waals surface area contributed by atoms with Crippen molar-refractivity contribution in [3.63, 3.8) is 0 Å². The van der Waals surface area contributed by atoms with E-state index in [4.69, 9.17) is 14.7 Å². The van der Waals surface area contributed by atoms with Gasteiger partial charge < -0.3 is 29.8 Å². The van der Waals surface area contributed by atoms with E-state index in [9.17, 15) is 14.4 Å². The number of methoxy groups -OCH3 is 1. The molecular formula is C42H56BrN7O4S4. The number of H-pyrrole nitrogens is 2. The number of imidazole rings is 2. The number of ether oxygens (including phenoxy) is 1. The summed E-state index contributed by atoms with van der Waals surface area (Å²) in [6, 6.07) is 13.1. The van der Waals surface area contributed by atoms with E-state index in [1.807, 2.05) is 68.1 Å². The quantitative estimate of drug-likeness (QED) is 0.153. The number of carbonyl (C=O) groups excluding carboxylic acids is 3. The molecule has 2 saturated heterocycles. The van der Waals surface area contributed by atoms with Crippen molar-refractivity contribution in [2.24, 2.45) is 22.7 Å². The van der Waals surface area contributed by atoms with Crippen LogP contribution >= 0.6 is 69.9 Å². The van der Waals surface area contributed by atoms with E-state index in [2.05, 4.69) is 54.9 Å². The van der Waals surface area contributed by atoms with Gasteiger partial charge in [-0.2, -0.15) is 54.0 Å². The number of aromatic nitrogens is 4. The molecule has 3 N–H and O–H groups in total. The Labute approximate surface area is 377 Å². The Kier molecular flexibility index (Phi) is 15.2. The van der Waals surface area contributed by atoms with Crippen molar-refractivity contribution in [1.29, 1.82) is 0 Å². The van der Waals surface area contributed by atoms with Gasteiger partial charge in [0.2, 0.25) is 11.8 Å². The zero-order valence-electron chi connectivity index (χ0n) is 33.6. The van der Waals surface area contributed by atoms with Crippen molar-refractivity contribution < 1.29 is 19.1 Å². The number of benzene rings is 2. The Bertz CT molecular complexity index is 2190. The number of alkyl carbamates (subject to hydrolysis) is 1. The van der Waals surface area contributed by atoms with Crippen LogP contribution in [0.2, 0.25) is 0 Å². The van der Waals surface area contributed by atoms with Gasteiger partial charge in [0.1, 0.15) is 28.0 Å². The van der Waals surface area contributed by atoms with Crippen LogP contribution in [0.5, 0.6) is 0 Å². The van der Waals surface area contributed by atoms with E-state index < -0.39 is 12.1 Å². The Morgan fingerprint density at radius 3 is 1.95 bits per heavy atom. The lowest BCUT2D eigenvalue weighted by Crippen LogP contribution is -2.51. The van der Waals surface area contributed by atoms with Gasteiger partial charge in [-0.05, 0) is 108 Å². The molecule has 3 amide bonds. The molecule has 2 aromatic heterocycles. The molecule has 4 fully saturated rings. The first kappa shape index (κ1) is 47.4. The Balaban J connectivity index is 0.00000186. The molecule has 8 rings (SSSR count). The summed E-state index contributed by atoms with van der Waals surface area (Å²) in [5, 5.41) is 2.74. The first-order chi connectivity index (χ1) is 25.9. The smallest absolute Gasteiger partial charge is 0.407 e. The highest BCUT2D eigenvalue weighted by molar-refractivity contribution is 9.10. The Morgan fingerprint density at radius 2 is 1.40 bits per heavy atom. The van der Waals surface area contributed by atoms with E-state index >= 15 is 0 Å². The van der Waals surface area contributed by atoms with Gasteiger partial charge in [0.05, 0.1) is 30.2 Å². The van der Waals surface area contributed by atoms with Crippen LogP contribution in [0.3, 0.4) is 0 Å². The molecular weight excluding hydrogens is 875 g/mol. The van der Waals surface area contributed by atoms with Gasteiger partial charge in [-0.3, -0.25) is 9.59 Å². The van der Waals surface area contributed by atoms with Crippen LogP contribution in [0.15, 0.2) is 47.1 Å². The van der Waals surface area contributed by atoms with Crippen molar-refractivity contribution in [2.75, 3.05) is 20.2 Å². The number of fused-ring (bicyclic) bond motifs is 1. The second-order valence-corrected chi connectivity index (χ2v) is 17.3. The van der Waals surface area contributed by atoms with Crippen LogP contribution < -0.4 is 5.32 Å². The lowest BCUT2D eigenvalue weighted by molar-refractivity contribution is -0.136. The summed E-state index contributed by atoms with van der Waals surface area (Å²) in [7, 11) is 1.30. The van der Waals surface area contributed by atoms with E-state index in [1.54, 1.807) is 0 Å². The molecule has 0 bridgehead atoms. The second kappa shape index (κ2) is 18.6. The molecule has 0 radical (unpaired) electrons. The average Bonchev–Trinajstić information content (AvgIpc) is 3.84. The summed E-state index contributed by atoms with van der Waals surface area (Å²) in [4.78, 5) is 60.2. The fourth-order valence-corrected chi connectivity index (χ4v) is 8.84. The number of nitrogens with one attached hydrogen (secondary N) is 3. The number of aromatic amines is 2. The molecule has 4 aromatic rings. The van der Waals surface area contributed by atoms with Crippen molar-refractivity contribution in [1.82, 2.24) is 35.1 Å². The number of hydrogen-bond acceptors (Lipinski definition) is 6. The van der Waals surface area contributed by atoms with E-state index in [-0.39, 0.29) is 101 Å². The van der Waals surface area contributed by atoms with Gasteiger partial charge in [0, 0.05) is 35.7 Å². The molecule has 314 valence electrons. The van der Waals surface area contributed by atoms with Crippen LogP contribution in [-0.4, -0.2) is 73.9 Å². The molecule has 2 aliphatic heterocycles. The standard InChI is InChI=1S/C42H48BrN7O4.4H2S/c1-6-25(4)38(51)49-22-41(15-16-41)20-31(49)36-44-29-14-11-27(19-30(29)45-36)8-7-26-9-12-28(13-10-26)34-35(43)48-37(46-34)32-21-42(17-18-42)23-50(32)39(52)33(24(2)3)47-40(53)54-5;;;;/h9-14,19,24-25,31-33H,6,15-18,20-23H2,1-5H3,(H,44,45)(H,46,48)(H,47,53);4*1H2/t25-,31-,32-,33-;;;;/m0..../s1. The van der Waals surface area contributed by atoms with Crippen LogP contribution in [0.25, 0.3) is 22.3 Å². The first-order valence-electron chi connectivity index (χ1n) is 19.2. The van der Waals surface area contributed by atoms with Gasteiger partial charge in [-0.15, -0.1) is 0 Å². The zero-order valence-corrected chi connectivity index (χ0v) is 39.2. The minimum atomic E-state index is -0.691. The van der Waals surface area contributed by atoms with Crippen LogP contribution in [0, 0.1) is 34.5 Å². The summed E-state index contributed by atoms with van der Waals surface area (Å²) in [6.45, 7) is 9.43. The number of halogens is 1. The maximum atomic E-state index is 13.9. The lowest BCUT2D eigenvalue weighted by atomic mass is 10.0. The van der Waals surface area contributed by atoms with Crippen molar-refractivity contribution >= 4 is 98.9 Å². The largest absolute Gasteiger partial charge is 0.453 e. The number of hydrogen-bond donors (Lipinski definition) is 3. The first-order valence-corrected chi connectivity index (χ1v) is 20.0.